The lowest BCUT2D eigenvalue weighted by Crippen LogP contribution is -2.37. The first kappa shape index (κ1) is 18.0. The summed E-state index contributed by atoms with van der Waals surface area (Å²) in [4.78, 5) is 20.1. The molecule has 2 aliphatic rings. The third-order valence-electron chi connectivity index (χ3n) is 5.39. The highest BCUT2D eigenvalue weighted by Crippen LogP contribution is 2.33. The predicted octanol–water partition coefficient (Wildman–Crippen LogP) is 2.10. The van der Waals surface area contributed by atoms with E-state index in [9.17, 15) is 0 Å². The van der Waals surface area contributed by atoms with Crippen molar-refractivity contribution in [1.82, 2.24) is 30.8 Å². The first-order valence-corrected chi connectivity index (χ1v) is 10.1. The average molecular weight is 416 g/mol. The van der Waals surface area contributed by atoms with Gasteiger partial charge < -0.3 is 24.8 Å². The van der Waals surface area contributed by atoms with Gasteiger partial charge in [0, 0.05) is 31.7 Å². The molecule has 0 amide bonds. The SMILES string of the molecule is C1=C(Nc2nc(N3CCOCC3)c3oc4ncccc4c3n2)NNC1c1ccncc1. The third kappa shape index (κ3) is 3.31. The second-order valence-corrected chi connectivity index (χ2v) is 7.34. The number of furan rings is 1. The summed E-state index contributed by atoms with van der Waals surface area (Å²) < 4.78 is 11.6. The Morgan fingerprint density at radius 2 is 1.94 bits per heavy atom. The van der Waals surface area contributed by atoms with Crippen molar-refractivity contribution in [2.45, 2.75) is 6.04 Å². The van der Waals surface area contributed by atoms with Gasteiger partial charge in [-0.1, -0.05) is 0 Å². The van der Waals surface area contributed by atoms with Gasteiger partial charge in [0.1, 0.15) is 11.3 Å². The van der Waals surface area contributed by atoms with Crippen molar-refractivity contribution in [1.29, 1.82) is 0 Å². The van der Waals surface area contributed by atoms with E-state index >= 15 is 0 Å². The summed E-state index contributed by atoms with van der Waals surface area (Å²) in [5.74, 6) is 2.00. The summed E-state index contributed by atoms with van der Waals surface area (Å²) in [5.41, 5.74) is 9.44. The number of aromatic nitrogens is 4. The van der Waals surface area contributed by atoms with Crippen LogP contribution in [0.25, 0.3) is 22.2 Å². The van der Waals surface area contributed by atoms with Crippen LogP contribution in [0.4, 0.5) is 11.8 Å². The Balaban J connectivity index is 1.39. The molecule has 156 valence electrons. The van der Waals surface area contributed by atoms with Crippen molar-refractivity contribution in [2.75, 3.05) is 36.5 Å². The lowest BCUT2D eigenvalue weighted by molar-refractivity contribution is 0.122. The zero-order valence-corrected chi connectivity index (χ0v) is 16.6. The standard InChI is InChI=1S/C21H20N8O2/c1-2-14-17-18(31-20(14)23-5-1)19(29-8-10-30-11-9-29)26-21(25-17)24-16-12-15(27-28-16)13-3-6-22-7-4-13/h1-7,12,15,27-28H,8-11H2,(H,24,25,26). The van der Waals surface area contributed by atoms with Crippen molar-refractivity contribution in [3.8, 4) is 0 Å². The summed E-state index contributed by atoms with van der Waals surface area (Å²) in [5, 5.41) is 4.16. The fourth-order valence-corrected chi connectivity index (χ4v) is 3.86. The lowest BCUT2D eigenvalue weighted by atomic mass is 10.1. The summed E-state index contributed by atoms with van der Waals surface area (Å²) in [6.07, 6.45) is 7.32. The maximum absolute atomic E-state index is 6.04. The van der Waals surface area contributed by atoms with Gasteiger partial charge in [-0.15, -0.1) is 0 Å². The van der Waals surface area contributed by atoms with Gasteiger partial charge in [0.2, 0.25) is 11.7 Å². The monoisotopic (exact) mass is 416 g/mol. The number of hydrogen-bond acceptors (Lipinski definition) is 10. The molecule has 1 saturated heterocycles. The third-order valence-corrected chi connectivity index (χ3v) is 5.39. The number of nitrogens with one attached hydrogen (secondary N) is 3. The molecule has 10 nitrogen and oxygen atoms in total. The van der Waals surface area contributed by atoms with Crippen LogP contribution >= 0.6 is 0 Å². The number of hydrogen-bond donors (Lipinski definition) is 3. The van der Waals surface area contributed by atoms with Crippen LogP contribution in [0.2, 0.25) is 0 Å². The van der Waals surface area contributed by atoms with Gasteiger partial charge in [0.05, 0.1) is 24.6 Å². The number of ether oxygens (including phenoxy) is 1. The van der Waals surface area contributed by atoms with Crippen LogP contribution < -0.4 is 21.1 Å². The van der Waals surface area contributed by atoms with Crippen molar-refractivity contribution in [3.05, 3.63) is 60.3 Å². The van der Waals surface area contributed by atoms with E-state index in [4.69, 9.17) is 19.1 Å². The van der Waals surface area contributed by atoms with Gasteiger partial charge in [-0.25, -0.2) is 15.4 Å². The highest BCUT2D eigenvalue weighted by Gasteiger charge is 2.23. The second-order valence-electron chi connectivity index (χ2n) is 7.34. The number of morpholine rings is 1. The molecule has 31 heavy (non-hydrogen) atoms. The first-order valence-electron chi connectivity index (χ1n) is 10.1. The Labute approximate surface area is 177 Å². The number of rotatable bonds is 4. The van der Waals surface area contributed by atoms with Gasteiger partial charge in [-0.05, 0) is 35.9 Å². The zero-order chi connectivity index (χ0) is 20.6. The smallest absolute Gasteiger partial charge is 0.231 e. The number of pyridine rings is 2. The minimum atomic E-state index is 0.0203. The maximum atomic E-state index is 6.04. The quantitative estimate of drug-likeness (QED) is 0.457. The second kappa shape index (κ2) is 7.49. The Bertz CT molecular complexity index is 1270. The molecule has 2 aliphatic heterocycles. The normalized spacial score (nSPS) is 18.9. The Hall–Kier alpha value is -3.76. The van der Waals surface area contributed by atoms with Gasteiger partial charge in [0.15, 0.2) is 11.4 Å². The van der Waals surface area contributed by atoms with E-state index in [0.717, 1.165) is 41.2 Å². The number of nitrogens with zero attached hydrogens (tertiary/aromatic N) is 5. The number of hydrazine groups is 1. The maximum Gasteiger partial charge on any atom is 0.231 e. The van der Waals surface area contributed by atoms with Gasteiger partial charge in [0.25, 0.3) is 0 Å². The molecule has 0 bridgehead atoms. The largest absolute Gasteiger partial charge is 0.432 e. The number of fused-ring (bicyclic) bond motifs is 3. The minimum absolute atomic E-state index is 0.0203. The Morgan fingerprint density at radius 3 is 2.81 bits per heavy atom. The molecule has 0 aromatic carbocycles. The highest BCUT2D eigenvalue weighted by atomic mass is 16.5. The van der Waals surface area contributed by atoms with E-state index in [1.54, 1.807) is 18.6 Å². The van der Waals surface area contributed by atoms with Crippen LogP contribution in [0.5, 0.6) is 0 Å². The molecule has 1 unspecified atom stereocenters. The van der Waals surface area contributed by atoms with Crippen LogP contribution in [0, 0.1) is 0 Å². The van der Waals surface area contributed by atoms with Crippen LogP contribution in [0.15, 0.2) is 59.2 Å². The van der Waals surface area contributed by atoms with Gasteiger partial charge in [-0.3, -0.25) is 4.98 Å². The van der Waals surface area contributed by atoms with E-state index in [0.29, 0.717) is 30.5 Å². The molecule has 0 spiro atoms. The first-order chi connectivity index (χ1) is 15.3. The molecule has 0 aliphatic carbocycles. The van der Waals surface area contributed by atoms with Crippen LogP contribution in [-0.2, 0) is 4.74 Å². The summed E-state index contributed by atoms with van der Waals surface area (Å²) in [6.45, 7) is 2.78. The van der Waals surface area contributed by atoms with E-state index in [2.05, 4.69) is 31.0 Å². The average Bonchev–Trinajstić information content (AvgIpc) is 3.45. The van der Waals surface area contributed by atoms with E-state index in [1.807, 2.05) is 30.3 Å². The Morgan fingerprint density at radius 1 is 1.06 bits per heavy atom. The topological polar surface area (TPSA) is 113 Å². The van der Waals surface area contributed by atoms with Gasteiger partial charge >= 0.3 is 0 Å². The van der Waals surface area contributed by atoms with E-state index in [1.165, 1.54) is 0 Å². The molecule has 4 aromatic rings. The minimum Gasteiger partial charge on any atom is -0.432 e. The molecule has 6 heterocycles. The molecule has 6 rings (SSSR count). The van der Waals surface area contributed by atoms with E-state index < -0.39 is 0 Å². The van der Waals surface area contributed by atoms with Crippen LogP contribution in [-0.4, -0.2) is 46.2 Å². The molecular formula is C21H20N8O2. The summed E-state index contributed by atoms with van der Waals surface area (Å²) >= 11 is 0. The number of anilines is 2. The highest BCUT2D eigenvalue weighted by molar-refractivity contribution is 6.05. The fourth-order valence-electron chi connectivity index (χ4n) is 3.86. The zero-order valence-electron chi connectivity index (χ0n) is 16.6. The van der Waals surface area contributed by atoms with Crippen molar-refractivity contribution < 1.29 is 9.15 Å². The van der Waals surface area contributed by atoms with Crippen molar-refractivity contribution in [3.63, 3.8) is 0 Å². The molecular weight excluding hydrogens is 396 g/mol. The van der Waals surface area contributed by atoms with Crippen molar-refractivity contribution in [2.24, 2.45) is 0 Å². The molecule has 10 heteroatoms. The Kier molecular flexibility index (Phi) is 4.36. The molecule has 0 radical (unpaired) electrons. The molecule has 1 fully saturated rings. The molecule has 1 atom stereocenters. The predicted molar refractivity (Wildman–Crippen MR) is 115 cm³/mol. The van der Waals surface area contributed by atoms with Crippen LogP contribution in [0.1, 0.15) is 11.6 Å². The molecule has 4 aromatic heterocycles. The van der Waals surface area contributed by atoms with E-state index in [-0.39, 0.29) is 6.04 Å². The lowest BCUT2D eigenvalue weighted by Gasteiger charge is -2.27. The molecule has 0 saturated carbocycles. The van der Waals surface area contributed by atoms with Crippen LogP contribution in [0.3, 0.4) is 0 Å². The summed E-state index contributed by atoms with van der Waals surface area (Å²) in [6, 6.07) is 7.81. The fraction of sp³-hybridized carbons (Fsp3) is 0.238. The molecule has 3 N–H and O–H groups in total. The van der Waals surface area contributed by atoms with Crippen molar-refractivity contribution >= 4 is 34.0 Å². The van der Waals surface area contributed by atoms with Gasteiger partial charge in [-0.2, -0.15) is 4.98 Å². The summed E-state index contributed by atoms with van der Waals surface area (Å²) in [7, 11) is 0.